The van der Waals surface area contributed by atoms with Crippen molar-refractivity contribution in [2.75, 3.05) is 6.54 Å². The lowest BCUT2D eigenvalue weighted by atomic mass is 10.1. The Bertz CT molecular complexity index is 617. The number of hydrogen-bond acceptors (Lipinski definition) is 5. The number of thiophene rings is 1. The fourth-order valence-corrected chi connectivity index (χ4v) is 5.56. The zero-order valence-corrected chi connectivity index (χ0v) is 13.8. The van der Waals surface area contributed by atoms with Gasteiger partial charge in [-0.05, 0) is 36.3 Å². The molecule has 0 amide bonds. The summed E-state index contributed by atoms with van der Waals surface area (Å²) < 4.78 is 3.72. The Kier molecular flexibility index (Phi) is 3.77. The zero-order valence-electron chi connectivity index (χ0n) is 12.2. The first kappa shape index (κ1) is 13.8. The van der Waals surface area contributed by atoms with E-state index in [1.807, 2.05) is 29.4 Å². The van der Waals surface area contributed by atoms with E-state index >= 15 is 0 Å². The molecule has 4 nitrogen and oxygen atoms in total. The van der Waals surface area contributed by atoms with Gasteiger partial charge in [-0.1, -0.05) is 6.92 Å². The topological polar surface area (TPSA) is 42.7 Å². The average molecular weight is 320 g/mol. The van der Waals surface area contributed by atoms with Crippen LogP contribution in [-0.4, -0.2) is 26.6 Å². The Morgan fingerprint density at radius 2 is 2.33 bits per heavy atom. The minimum absolute atomic E-state index is 0.503. The van der Waals surface area contributed by atoms with Crippen molar-refractivity contribution in [3.05, 3.63) is 29.2 Å². The molecule has 1 saturated carbocycles. The molecular formula is C15H20N4S2. The third-order valence-corrected chi connectivity index (χ3v) is 6.58. The largest absolute Gasteiger partial charge is 0.316 e. The molecule has 4 rings (SSSR count). The van der Waals surface area contributed by atoms with Crippen molar-refractivity contribution in [1.82, 2.24) is 20.1 Å². The number of nitrogens with zero attached hydrogens (tertiary/aromatic N) is 3. The van der Waals surface area contributed by atoms with Crippen molar-refractivity contribution >= 4 is 23.1 Å². The smallest absolute Gasteiger partial charge is 0.135 e. The van der Waals surface area contributed by atoms with Gasteiger partial charge >= 0.3 is 0 Å². The first-order valence-corrected chi connectivity index (χ1v) is 9.42. The molecular weight excluding hydrogens is 300 g/mol. The normalized spacial score (nSPS) is 25.0. The second kappa shape index (κ2) is 5.74. The van der Waals surface area contributed by atoms with Crippen LogP contribution in [0, 0.1) is 0 Å². The lowest BCUT2D eigenvalue weighted by molar-refractivity contribution is 0.465. The molecule has 3 heterocycles. The summed E-state index contributed by atoms with van der Waals surface area (Å²) in [6, 6.07) is 2.79. The van der Waals surface area contributed by atoms with E-state index in [0.717, 1.165) is 13.1 Å². The number of hydrogen-bond donors (Lipinski definition) is 1. The highest BCUT2D eigenvalue weighted by atomic mass is 32.2. The summed E-state index contributed by atoms with van der Waals surface area (Å²) in [5.74, 6) is 1.85. The average Bonchev–Trinajstić information content (AvgIpc) is 3.01. The van der Waals surface area contributed by atoms with Crippen molar-refractivity contribution in [3.8, 4) is 0 Å². The number of rotatable bonds is 5. The van der Waals surface area contributed by atoms with Crippen LogP contribution < -0.4 is 5.32 Å². The molecule has 2 aromatic rings. The molecule has 21 heavy (non-hydrogen) atoms. The molecule has 1 fully saturated rings. The predicted molar refractivity (Wildman–Crippen MR) is 87.0 cm³/mol. The van der Waals surface area contributed by atoms with Gasteiger partial charge in [-0.25, -0.2) is 0 Å². The first-order chi connectivity index (χ1) is 10.3. The summed E-state index contributed by atoms with van der Waals surface area (Å²) in [4.78, 5) is 0. The molecule has 0 spiro atoms. The van der Waals surface area contributed by atoms with E-state index in [4.69, 9.17) is 0 Å². The van der Waals surface area contributed by atoms with E-state index < -0.39 is 0 Å². The van der Waals surface area contributed by atoms with E-state index in [1.54, 1.807) is 0 Å². The maximum absolute atomic E-state index is 4.27. The van der Waals surface area contributed by atoms with Crippen LogP contribution in [0.4, 0.5) is 0 Å². The summed E-state index contributed by atoms with van der Waals surface area (Å²) in [5, 5.41) is 15.0. The molecule has 2 aliphatic rings. The van der Waals surface area contributed by atoms with Crippen molar-refractivity contribution in [3.63, 3.8) is 0 Å². The Hall–Kier alpha value is -0.850. The summed E-state index contributed by atoms with van der Waals surface area (Å²) in [6.07, 6.45) is 5.65. The SMILES string of the molecule is C[C@H]1C[C@H](NCCn2cnnc2C2CC2)c2ccsc2S1. The fraction of sp³-hybridized carbons (Fsp3) is 0.600. The van der Waals surface area contributed by atoms with Gasteiger partial charge in [0.05, 0.1) is 4.21 Å². The monoisotopic (exact) mass is 320 g/mol. The van der Waals surface area contributed by atoms with Crippen LogP contribution in [0.3, 0.4) is 0 Å². The van der Waals surface area contributed by atoms with Crippen LogP contribution in [0.1, 0.15) is 49.5 Å². The summed E-state index contributed by atoms with van der Waals surface area (Å²) >= 11 is 3.90. The molecule has 1 N–H and O–H groups in total. The van der Waals surface area contributed by atoms with Crippen LogP contribution in [-0.2, 0) is 6.54 Å². The van der Waals surface area contributed by atoms with Gasteiger partial charge in [-0.3, -0.25) is 0 Å². The van der Waals surface area contributed by atoms with Crippen LogP contribution in [0.5, 0.6) is 0 Å². The van der Waals surface area contributed by atoms with Gasteiger partial charge in [-0.15, -0.1) is 33.3 Å². The minimum Gasteiger partial charge on any atom is -0.316 e. The zero-order chi connectivity index (χ0) is 14.2. The van der Waals surface area contributed by atoms with Crippen LogP contribution in [0.25, 0.3) is 0 Å². The maximum Gasteiger partial charge on any atom is 0.135 e. The van der Waals surface area contributed by atoms with Gasteiger partial charge in [0.15, 0.2) is 0 Å². The van der Waals surface area contributed by atoms with Gasteiger partial charge in [-0.2, -0.15) is 0 Å². The number of thioether (sulfide) groups is 1. The van der Waals surface area contributed by atoms with Gasteiger partial charge in [0.25, 0.3) is 0 Å². The number of fused-ring (bicyclic) bond motifs is 1. The van der Waals surface area contributed by atoms with Gasteiger partial charge in [0, 0.05) is 30.3 Å². The summed E-state index contributed by atoms with van der Waals surface area (Å²) in [7, 11) is 0. The van der Waals surface area contributed by atoms with Crippen molar-refractivity contribution in [1.29, 1.82) is 0 Å². The van der Waals surface area contributed by atoms with Crippen molar-refractivity contribution in [2.45, 2.75) is 54.1 Å². The Labute approximate surface area is 133 Å². The van der Waals surface area contributed by atoms with Gasteiger partial charge < -0.3 is 9.88 Å². The second-order valence-electron chi connectivity index (χ2n) is 5.99. The number of nitrogens with one attached hydrogen (secondary N) is 1. The molecule has 0 radical (unpaired) electrons. The molecule has 2 aromatic heterocycles. The molecule has 6 heteroatoms. The highest BCUT2D eigenvalue weighted by Gasteiger charge is 2.29. The van der Waals surface area contributed by atoms with Gasteiger partial charge in [0.2, 0.25) is 0 Å². The molecule has 1 aliphatic carbocycles. The third kappa shape index (κ3) is 2.89. The van der Waals surface area contributed by atoms with E-state index in [0.29, 0.717) is 17.2 Å². The van der Waals surface area contributed by atoms with E-state index in [9.17, 15) is 0 Å². The molecule has 1 aliphatic heterocycles. The second-order valence-corrected chi connectivity index (χ2v) is 8.61. The molecule has 0 saturated heterocycles. The van der Waals surface area contributed by atoms with E-state index in [-0.39, 0.29) is 0 Å². The highest BCUT2D eigenvalue weighted by molar-refractivity contribution is 8.01. The van der Waals surface area contributed by atoms with Crippen molar-refractivity contribution < 1.29 is 0 Å². The number of aromatic nitrogens is 3. The summed E-state index contributed by atoms with van der Waals surface area (Å²) in [6.45, 7) is 4.28. The molecule has 0 unspecified atom stereocenters. The molecule has 112 valence electrons. The maximum atomic E-state index is 4.27. The molecule has 0 aromatic carbocycles. The minimum atomic E-state index is 0.503. The molecule has 2 atom stereocenters. The lowest BCUT2D eigenvalue weighted by Crippen LogP contribution is -2.29. The van der Waals surface area contributed by atoms with Gasteiger partial charge in [0.1, 0.15) is 12.2 Å². The van der Waals surface area contributed by atoms with Crippen LogP contribution >= 0.6 is 23.1 Å². The Balaban J connectivity index is 1.38. The van der Waals surface area contributed by atoms with E-state index in [1.165, 1.54) is 34.9 Å². The third-order valence-electron chi connectivity index (χ3n) is 4.24. The standard InChI is InChI=1S/C15H20N4S2/c1-10-8-13(12-4-7-20-15(12)21-10)16-5-6-19-9-17-18-14(19)11-2-3-11/h4,7,9-11,13,16H,2-3,5-6,8H2,1H3/t10-,13-/m0/s1. The van der Waals surface area contributed by atoms with Crippen LogP contribution in [0.2, 0.25) is 0 Å². The quantitative estimate of drug-likeness (QED) is 0.916. The predicted octanol–water partition coefficient (Wildman–Crippen LogP) is 3.43. The van der Waals surface area contributed by atoms with Crippen LogP contribution in [0.15, 0.2) is 22.0 Å². The Morgan fingerprint density at radius 3 is 3.19 bits per heavy atom. The van der Waals surface area contributed by atoms with E-state index in [2.05, 4.69) is 38.5 Å². The Morgan fingerprint density at radius 1 is 1.43 bits per heavy atom. The van der Waals surface area contributed by atoms with Crippen molar-refractivity contribution in [2.24, 2.45) is 0 Å². The first-order valence-electron chi connectivity index (χ1n) is 7.66. The highest BCUT2D eigenvalue weighted by Crippen LogP contribution is 2.43. The molecule has 0 bridgehead atoms. The fourth-order valence-electron chi connectivity index (χ4n) is 3.00. The summed E-state index contributed by atoms with van der Waals surface area (Å²) in [5.41, 5.74) is 1.49. The lowest BCUT2D eigenvalue weighted by Gasteiger charge is -2.27.